The molecule has 196 valence electrons. The number of rotatable bonds is 7. The topological polar surface area (TPSA) is 96.7 Å². The lowest BCUT2D eigenvalue weighted by Gasteiger charge is -2.27. The van der Waals surface area contributed by atoms with Gasteiger partial charge in [-0.3, -0.25) is 9.71 Å². The first-order chi connectivity index (χ1) is 18.1. The van der Waals surface area contributed by atoms with E-state index in [9.17, 15) is 12.8 Å². The highest BCUT2D eigenvalue weighted by atomic mass is 79.9. The van der Waals surface area contributed by atoms with Crippen LogP contribution >= 0.6 is 28.1 Å². The summed E-state index contributed by atoms with van der Waals surface area (Å²) >= 11 is 9.16. The standard InChI is InChI=1S/C26H22BrFN4O4S2/c1-35-22-9-7-16(14-20(22)31-38(2,33)34)32-25(24(30-26(32)37)19-5-3-4-12-29-19)23-11-10-21(36-23)17-8-6-15(28)13-18(17)27/h3-14,24-25,31H,1-2H3,(H,30,37)/t24-,25+/m0/s1. The highest BCUT2D eigenvalue weighted by Gasteiger charge is 2.43. The van der Waals surface area contributed by atoms with Crippen LogP contribution in [-0.2, 0) is 10.0 Å². The number of thiocarbonyl (C=S) groups is 1. The predicted molar refractivity (Wildman–Crippen MR) is 151 cm³/mol. The number of hydrogen-bond donors (Lipinski definition) is 2. The highest BCUT2D eigenvalue weighted by molar-refractivity contribution is 9.10. The number of nitrogens with zero attached hydrogens (tertiary/aromatic N) is 2. The normalized spacial score (nSPS) is 17.4. The van der Waals surface area contributed by atoms with E-state index in [1.165, 1.54) is 19.2 Å². The maximum absolute atomic E-state index is 13.7. The van der Waals surface area contributed by atoms with Gasteiger partial charge in [-0.05, 0) is 88.8 Å². The molecule has 0 aliphatic carbocycles. The summed E-state index contributed by atoms with van der Waals surface area (Å²) < 4.78 is 52.4. The second-order valence-electron chi connectivity index (χ2n) is 8.58. The fraction of sp³-hybridized carbons (Fsp3) is 0.154. The van der Waals surface area contributed by atoms with Crippen LogP contribution in [0.1, 0.15) is 23.5 Å². The van der Waals surface area contributed by atoms with E-state index < -0.39 is 16.1 Å². The first kappa shape index (κ1) is 26.1. The zero-order chi connectivity index (χ0) is 27.0. The smallest absolute Gasteiger partial charge is 0.229 e. The summed E-state index contributed by atoms with van der Waals surface area (Å²) in [6.07, 6.45) is 2.77. The van der Waals surface area contributed by atoms with Crippen molar-refractivity contribution in [2.75, 3.05) is 23.0 Å². The molecule has 1 aliphatic rings. The van der Waals surface area contributed by atoms with Crippen LogP contribution in [-0.4, -0.2) is 31.9 Å². The summed E-state index contributed by atoms with van der Waals surface area (Å²) in [6, 6.07) is 17.9. The number of nitrogens with one attached hydrogen (secondary N) is 2. The minimum atomic E-state index is -3.57. The van der Waals surface area contributed by atoms with Crippen LogP contribution in [0.25, 0.3) is 11.3 Å². The van der Waals surface area contributed by atoms with Crippen LogP contribution in [0.4, 0.5) is 15.8 Å². The summed E-state index contributed by atoms with van der Waals surface area (Å²) in [5.41, 5.74) is 2.31. The van der Waals surface area contributed by atoms with Crippen LogP contribution < -0.4 is 19.7 Å². The van der Waals surface area contributed by atoms with Crippen molar-refractivity contribution >= 4 is 54.7 Å². The number of halogens is 2. The van der Waals surface area contributed by atoms with E-state index in [1.54, 1.807) is 30.5 Å². The van der Waals surface area contributed by atoms with Crippen molar-refractivity contribution < 1.29 is 22.0 Å². The Labute approximate surface area is 233 Å². The van der Waals surface area contributed by atoms with E-state index in [1.807, 2.05) is 35.2 Å². The molecule has 8 nitrogen and oxygen atoms in total. The highest BCUT2D eigenvalue weighted by Crippen LogP contribution is 2.44. The van der Waals surface area contributed by atoms with Gasteiger partial charge in [0.15, 0.2) is 5.11 Å². The van der Waals surface area contributed by atoms with E-state index in [0.29, 0.717) is 38.1 Å². The van der Waals surface area contributed by atoms with Gasteiger partial charge in [0.25, 0.3) is 0 Å². The zero-order valence-corrected chi connectivity index (χ0v) is 23.4. The molecule has 1 saturated heterocycles. The largest absolute Gasteiger partial charge is 0.495 e. The van der Waals surface area contributed by atoms with Crippen molar-refractivity contribution in [3.63, 3.8) is 0 Å². The number of anilines is 2. The molecule has 0 saturated carbocycles. The number of ether oxygens (including phenoxy) is 1. The van der Waals surface area contributed by atoms with Crippen molar-refractivity contribution in [2.24, 2.45) is 0 Å². The second kappa shape index (κ2) is 10.4. The van der Waals surface area contributed by atoms with Crippen LogP contribution in [0, 0.1) is 5.82 Å². The van der Waals surface area contributed by atoms with Crippen molar-refractivity contribution in [1.29, 1.82) is 0 Å². The van der Waals surface area contributed by atoms with Gasteiger partial charge in [0.2, 0.25) is 10.0 Å². The summed E-state index contributed by atoms with van der Waals surface area (Å²) in [4.78, 5) is 6.38. The van der Waals surface area contributed by atoms with Gasteiger partial charge in [-0.1, -0.05) is 6.07 Å². The first-order valence-electron chi connectivity index (χ1n) is 11.4. The molecule has 2 N–H and O–H groups in total. The number of furan rings is 1. The summed E-state index contributed by atoms with van der Waals surface area (Å²) in [5.74, 6) is 1.11. The number of pyridine rings is 1. The van der Waals surface area contributed by atoms with Crippen LogP contribution in [0.2, 0.25) is 0 Å². The lowest BCUT2D eigenvalue weighted by Crippen LogP contribution is -2.29. The third kappa shape index (κ3) is 5.24. The molecule has 4 aromatic rings. The average Bonchev–Trinajstić information content (AvgIpc) is 3.48. The molecule has 5 rings (SSSR count). The Bertz CT molecular complexity index is 1610. The minimum Gasteiger partial charge on any atom is -0.495 e. The van der Waals surface area contributed by atoms with Gasteiger partial charge in [0.05, 0.1) is 30.8 Å². The Hall–Kier alpha value is -3.48. The molecule has 2 aromatic heterocycles. The van der Waals surface area contributed by atoms with Crippen LogP contribution in [0.5, 0.6) is 5.75 Å². The second-order valence-corrected chi connectivity index (χ2v) is 11.6. The van der Waals surface area contributed by atoms with Gasteiger partial charge in [0.1, 0.15) is 29.1 Å². The molecule has 12 heteroatoms. The minimum absolute atomic E-state index is 0.269. The molecule has 0 bridgehead atoms. The Balaban J connectivity index is 1.62. The van der Waals surface area contributed by atoms with Crippen LogP contribution in [0.3, 0.4) is 0 Å². The van der Waals surface area contributed by atoms with Gasteiger partial charge in [0, 0.05) is 21.9 Å². The fourth-order valence-electron chi connectivity index (χ4n) is 4.39. The number of benzene rings is 2. The van der Waals surface area contributed by atoms with Crippen molar-refractivity contribution in [3.8, 4) is 17.1 Å². The van der Waals surface area contributed by atoms with E-state index in [2.05, 4.69) is 31.0 Å². The number of sulfonamides is 1. The third-order valence-electron chi connectivity index (χ3n) is 5.97. The molecule has 1 fully saturated rings. The quantitative estimate of drug-likeness (QED) is 0.251. The zero-order valence-electron chi connectivity index (χ0n) is 20.2. The van der Waals surface area contributed by atoms with E-state index in [4.69, 9.17) is 21.4 Å². The SMILES string of the molecule is COc1ccc(N2C(=S)N[C@@H](c3ccccn3)[C@H]2c2ccc(-c3ccc(F)cc3Br)o2)cc1NS(C)(=O)=O. The lowest BCUT2D eigenvalue weighted by molar-refractivity contribution is 0.416. The summed E-state index contributed by atoms with van der Waals surface area (Å²) in [7, 11) is -2.11. The molecule has 0 unspecified atom stereocenters. The van der Waals surface area contributed by atoms with Crippen molar-refractivity contribution in [3.05, 3.63) is 94.7 Å². The van der Waals surface area contributed by atoms with Gasteiger partial charge < -0.3 is 19.4 Å². The maximum atomic E-state index is 13.7. The van der Waals surface area contributed by atoms with Gasteiger partial charge in [-0.25, -0.2) is 12.8 Å². The fourth-order valence-corrected chi connectivity index (χ4v) is 5.84. The Morgan fingerprint density at radius 3 is 2.66 bits per heavy atom. The monoisotopic (exact) mass is 616 g/mol. The van der Waals surface area contributed by atoms with Crippen molar-refractivity contribution in [1.82, 2.24) is 10.3 Å². The van der Waals surface area contributed by atoms with E-state index >= 15 is 0 Å². The average molecular weight is 618 g/mol. The molecule has 1 aliphatic heterocycles. The number of hydrogen-bond acceptors (Lipinski definition) is 6. The van der Waals surface area contributed by atoms with Crippen molar-refractivity contribution in [2.45, 2.75) is 12.1 Å². The van der Waals surface area contributed by atoms with Gasteiger partial charge in [-0.2, -0.15) is 0 Å². The first-order valence-corrected chi connectivity index (χ1v) is 14.5. The van der Waals surface area contributed by atoms with Gasteiger partial charge >= 0.3 is 0 Å². The third-order valence-corrected chi connectivity index (χ3v) is 7.53. The molecule has 38 heavy (non-hydrogen) atoms. The van der Waals surface area contributed by atoms with E-state index in [0.717, 1.165) is 11.9 Å². The van der Waals surface area contributed by atoms with Crippen LogP contribution in [0.15, 0.2) is 81.8 Å². The van der Waals surface area contributed by atoms with Gasteiger partial charge in [-0.15, -0.1) is 0 Å². The molecule has 0 amide bonds. The molecule has 2 atom stereocenters. The maximum Gasteiger partial charge on any atom is 0.229 e. The Kier molecular flexibility index (Phi) is 7.12. The molecule has 0 spiro atoms. The molecular formula is C26H22BrFN4O4S2. The molecule has 2 aromatic carbocycles. The van der Waals surface area contributed by atoms with E-state index in [-0.39, 0.29) is 17.5 Å². The molecular weight excluding hydrogens is 595 g/mol. The number of methoxy groups -OCH3 is 1. The molecule has 3 heterocycles. The Morgan fingerprint density at radius 2 is 1.97 bits per heavy atom. The summed E-state index contributed by atoms with van der Waals surface area (Å²) in [6.45, 7) is 0. The number of aromatic nitrogens is 1. The lowest BCUT2D eigenvalue weighted by atomic mass is 10.0. The predicted octanol–water partition coefficient (Wildman–Crippen LogP) is 5.80. The Morgan fingerprint density at radius 1 is 1.16 bits per heavy atom. The molecule has 0 radical (unpaired) electrons. The summed E-state index contributed by atoms with van der Waals surface area (Å²) in [5, 5.41) is 3.74.